The summed E-state index contributed by atoms with van der Waals surface area (Å²) in [5.74, 6) is 1.33. The maximum Gasteiger partial charge on any atom is 0.309 e. The van der Waals surface area contributed by atoms with Gasteiger partial charge in [-0.1, -0.05) is 11.6 Å². The third kappa shape index (κ3) is 5.45. The van der Waals surface area contributed by atoms with Crippen molar-refractivity contribution in [2.45, 2.75) is 20.3 Å². The summed E-state index contributed by atoms with van der Waals surface area (Å²) in [5.41, 5.74) is 0.965. The fourth-order valence-electron chi connectivity index (χ4n) is 1.80. The lowest BCUT2D eigenvalue weighted by Gasteiger charge is -2.09. The molecule has 0 fully saturated rings. The molecule has 23 heavy (non-hydrogen) atoms. The van der Waals surface area contributed by atoms with E-state index in [2.05, 4.69) is 4.98 Å². The quantitative estimate of drug-likeness (QED) is 0.711. The van der Waals surface area contributed by atoms with E-state index >= 15 is 0 Å². The van der Waals surface area contributed by atoms with Crippen molar-refractivity contribution < 1.29 is 19.0 Å². The maximum absolute atomic E-state index is 11.2. The standard InChI is InChI=1S/C17H18ClNO4/c1-3-21-16(20)8-9-22-13-4-6-14(7-5-13)23-17-15(18)10-12(2)11-19-17/h4-7,10-11H,3,8-9H2,1-2H3. The Morgan fingerprint density at radius 3 is 2.57 bits per heavy atom. The van der Waals surface area contributed by atoms with Crippen LogP contribution in [0, 0.1) is 6.92 Å². The fourth-order valence-corrected chi connectivity index (χ4v) is 2.06. The highest BCUT2D eigenvalue weighted by atomic mass is 35.5. The van der Waals surface area contributed by atoms with Crippen LogP contribution in [0.25, 0.3) is 0 Å². The minimum Gasteiger partial charge on any atom is -0.493 e. The van der Waals surface area contributed by atoms with Crippen molar-refractivity contribution in [2.24, 2.45) is 0 Å². The average Bonchev–Trinajstić information content (AvgIpc) is 2.52. The molecule has 0 amide bonds. The minimum absolute atomic E-state index is 0.217. The van der Waals surface area contributed by atoms with E-state index in [9.17, 15) is 4.79 Å². The second kappa shape index (κ2) is 8.39. The highest BCUT2D eigenvalue weighted by Crippen LogP contribution is 2.28. The predicted octanol–water partition coefficient (Wildman–Crippen LogP) is 4.17. The number of aryl methyl sites for hydroxylation is 1. The highest BCUT2D eigenvalue weighted by Gasteiger charge is 2.06. The van der Waals surface area contributed by atoms with Gasteiger partial charge in [-0.05, 0) is 49.7 Å². The first-order valence-electron chi connectivity index (χ1n) is 7.27. The Labute approximate surface area is 140 Å². The van der Waals surface area contributed by atoms with Gasteiger partial charge in [0.25, 0.3) is 0 Å². The molecule has 2 aromatic rings. The van der Waals surface area contributed by atoms with E-state index in [0.717, 1.165) is 5.56 Å². The van der Waals surface area contributed by atoms with Gasteiger partial charge >= 0.3 is 5.97 Å². The summed E-state index contributed by atoms with van der Waals surface area (Å²) in [6.07, 6.45) is 1.91. The summed E-state index contributed by atoms with van der Waals surface area (Å²) >= 11 is 6.08. The first-order chi connectivity index (χ1) is 11.1. The van der Waals surface area contributed by atoms with Crippen LogP contribution in [0.3, 0.4) is 0 Å². The molecule has 0 unspecified atom stereocenters. The Morgan fingerprint density at radius 1 is 1.22 bits per heavy atom. The second-order valence-electron chi connectivity index (χ2n) is 4.78. The lowest BCUT2D eigenvalue weighted by atomic mass is 10.3. The lowest BCUT2D eigenvalue weighted by Crippen LogP contribution is -2.09. The minimum atomic E-state index is -0.271. The molecule has 122 valence electrons. The molecule has 0 bridgehead atoms. The molecular formula is C17H18ClNO4. The van der Waals surface area contributed by atoms with Crippen LogP contribution in [0.15, 0.2) is 36.5 Å². The molecule has 0 spiro atoms. The van der Waals surface area contributed by atoms with Crippen molar-refractivity contribution >= 4 is 17.6 Å². The van der Waals surface area contributed by atoms with Gasteiger partial charge in [-0.15, -0.1) is 0 Å². The van der Waals surface area contributed by atoms with E-state index in [1.54, 1.807) is 43.5 Å². The van der Waals surface area contributed by atoms with E-state index in [1.165, 1.54) is 0 Å². The van der Waals surface area contributed by atoms with Gasteiger partial charge in [0.05, 0.1) is 19.6 Å². The summed E-state index contributed by atoms with van der Waals surface area (Å²) in [6, 6.07) is 8.79. The Bertz CT molecular complexity index is 658. The maximum atomic E-state index is 11.2. The number of halogens is 1. The topological polar surface area (TPSA) is 57.7 Å². The van der Waals surface area contributed by atoms with E-state index < -0.39 is 0 Å². The number of rotatable bonds is 7. The fraction of sp³-hybridized carbons (Fsp3) is 0.294. The number of ether oxygens (including phenoxy) is 3. The van der Waals surface area contributed by atoms with Gasteiger partial charge in [-0.25, -0.2) is 4.98 Å². The van der Waals surface area contributed by atoms with Gasteiger partial charge in [0.15, 0.2) is 0 Å². The van der Waals surface area contributed by atoms with Crippen molar-refractivity contribution in [1.29, 1.82) is 0 Å². The zero-order valence-electron chi connectivity index (χ0n) is 13.0. The van der Waals surface area contributed by atoms with E-state index in [1.807, 2.05) is 6.92 Å². The smallest absolute Gasteiger partial charge is 0.309 e. The number of nitrogens with zero attached hydrogens (tertiary/aromatic N) is 1. The van der Waals surface area contributed by atoms with Gasteiger partial charge < -0.3 is 14.2 Å². The zero-order valence-corrected chi connectivity index (χ0v) is 13.8. The first kappa shape index (κ1) is 17.1. The van der Waals surface area contributed by atoms with Crippen molar-refractivity contribution in [3.8, 4) is 17.4 Å². The SMILES string of the molecule is CCOC(=O)CCOc1ccc(Oc2ncc(C)cc2Cl)cc1. The van der Waals surface area contributed by atoms with Gasteiger partial charge in [0, 0.05) is 6.20 Å². The molecule has 0 saturated heterocycles. The molecule has 0 aliphatic heterocycles. The number of aromatic nitrogens is 1. The van der Waals surface area contributed by atoms with Crippen LogP contribution in [-0.2, 0) is 9.53 Å². The molecule has 0 aliphatic rings. The number of hydrogen-bond acceptors (Lipinski definition) is 5. The summed E-state index contributed by atoms with van der Waals surface area (Å²) in [5, 5.41) is 0.458. The third-order valence-electron chi connectivity index (χ3n) is 2.86. The molecule has 1 heterocycles. The van der Waals surface area contributed by atoms with Crippen LogP contribution >= 0.6 is 11.6 Å². The number of benzene rings is 1. The van der Waals surface area contributed by atoms with Crippen LogP contribution in [0.2, 0.25) is 5.02 Å². The molecule has 0 aliphatic carbocycles. The van der Waals surface area contributed by atoms with Gasteiger partial charge in [-0.2, -0.15) is 0 Å². The number of carbonyl (C=O) groups is 1. The molecular weight excluding hydrogens is 318 g/mol. The Morgan fingerprint density at radius 2 is 1.91 bits per heavy atom. The van der Waals surface area contributed by atoms with Crippen LogP contribution in [-0.4, -0.2) is 24.2 Å². The molecule has 0 atom stereocenters. The molecule has 0 saturated carbocycles. The number of esters is 1. The number of carbonyl (C=O) groups excluding carboxylic acids is 1. The molecule has 5 nitrogen and oxygen atoms in total. The molecule has 2 rings (SSSR count). The molecule has 1 aromatic carbocycles. The Hall–Kier alpha value is -2.27. The first-order valence-corrected chi connectivity index (χ1v) is 7.64. The number of pyridine rings is 1. The van der Waals surface area contributed by atoms with Crippen LogP contribution in [0.1, 0.15) is 18.9 Å². The van der Waals surface area contributed by atoms with Crippen LogP contribution < -0.4 is 9.47 Å². The van der Waals surface area contributed by atoms with Gasteiger partial charge in [-0.3, -0.25) is 4.79 Å². The zero-order chi connectivity index (χ0) is 16.7. The Kier molecular flexibility index (Phi) is 6.23. The highest BCUT2D eigenvalue weighted by molar-refractivity contribution is 6.31. The second-order valence-corrected chi connectivity index (χ2v) is 5.18. The van der Waals surface area contributed by atoms with Crippen molar-refractivity contribution in [3.05, 3.63) is 47.1 Å². The third-order valence-corrected chi connectivity index (χ3v) is 3.13. The molecule has 1 aromatic heterocycles. The summed E-state index contributed by atoms with van der Waals surface area (Å²) in [7, 11) is 0. The number of hydrogen-bond donors (Lipinski definition) is 0. The monoisotopic (exact) mass is 335 g/mol. The molecule has 0 N–H and O–H groups in total. The summed E-state index contributed by atoms with van der Waals surface area (Å²) < 4.78 is 15.9. The van der Waals surface area contributed by atoms with Crippen molar-refractivity contribution in [3.63, 3.8) is 0 Å². The summed E-state index contributed by atoms with van der Waals surface area (Å²) in [4.78, 5) is 15.3. The van der Waals surface area contributed by atoms with E-state index in [-0.39, 0.29) is 19.0 Å². The predicted molar refractivity (Wildman–Crippen MR) is 87.2 cm³/mol. The normalized spacial score (nSPS) is 10.2. The van der Waals surface area contributed by atoms with E-state index in [0.29, 0.717) is 29.0 Å². The van der Waals surface area contributed by atoms with E-state index in [4.69, 9.17) is 25.8 Å². The van der Waals surface area contributed by atoms with Gasteiger partial charge in [0.2, 0.25) is 5.88 Å². The lowest BCUT2D eigenvalue weighted by molar-refractivity contribution is -0.143. The van der Waals surface area contributed by atoms with Gasteiger partial charge in [0.1, 0.15) is 16.5 Å². The average molecular weight is 336 g/mol. The molecule has 0 radical (unpaired) electrons. The van der Waals surface area contributed by atoms with Crippen LogP contribution in [0.4, 0.5) is 0 Å². The largest absolute Gasteiger partial charge is 0.493 e. The Balaban J connectivity index is 1.88. The summed E-state index contributed by atoms with van der Waals surface area (Å²) in [6.45, 7) is 4.32. The molecule has 6 heteroatoms. The van der Waals surface area contributed by atoms with Crippen LogP contribution in [0.5, 0.6) is 17.4 Å². The van der Waals surface area contributed by atoms with Crippen molar-refractivity contribution in [2.75, 3.05) is 13.2 Å². The van der Waals surface area contributed by atoms with Crippen molar-refractivity contribution in [1.82, 2.24) is 4.98 Å².